The predicted molar refractivity (Wildman–Crippen MR) is 74.1 cm³/mol. The maximum absolute atomic E-state index is 11.8. The van der Waals surface area contributed by atoms with E-state index in [1.807, 2.05) is 0 Å². The van der Waals surface area contributed by atoms with E-state index in [0.29, 0.717) is 15.3 Å². The number of benzene rings is 1. The van der Waals surface area contributed by atoms with Gasteiger partial charge < -0.3 is 15.6 Å². The summed E-state index contributed by atoms with van der Waals surface area (Å²) in [5, 5.41) is 24.1. The van der Waals surface area contributed by atoms with E-state index >= 15 is 0 Å². The number of rotatable bonds is 4. The van der Waals surface area contributed by atoms with Crippen LogP contribution in [0.15, 0.2) is 48.8 Å². The monoisotopic (exact) mass is 292 g/mol. The van der Waals surface area contributed by atoms with Crippen molar-refractivity contribution in [3.8, 4) is 0 Å². The number of hydrogen-bond donors (Lipinski definition) is 2. The molecule has 2 aromatic rings. The van der Waals surface area contributed by atoms with Crippen molar-refractivity contribution in [3.05, 3.63) is 70.1 Å². The lowest BCUT2D eigenvalue weighted by molar-refractivity contribution is -0.605. The Bertz CT molecular complexity index is 602. The minimum atomic E-state index is -0.834. The highest BCUT2D eigenvalue weighted by molar-refractivity contribution is 6.30. The second-order valence-corrected chi connectivity index (χ2v) is 4.67. The summed E-state index contributed by atoms with van der Waals surface area (Å²) in [7, 11) is 0. The van der Waals surface area contributed by atoms with E-state index in [4.69, 9.17) is 11.6 Å². The molecule has 5 nitrogen and oxygen atoms in total. The first-order chi connectivity index (χ1) is 9.56. The van der Waals surface area contributed by atoms with Crippen molar-refractivity contribution < 1.29 is 14.6 Å². The van der Waals surface area contributed by atoms with Crippen LogP contribution in [0.2, 0.25) is 5.02 Å². The Kier molecular flexibility index (Phi) is 4.55. The fourth-order valence-corrected chi connectivity index (χ4v) is 1.81. The van der Waals surface area contributed by atoms with Crippen molar-refractivity contribution in [1.82, 2.24) is 5.32 Å². The molecule has 0 saturated carbocycles. The standard InChI is InChI=1S/C14H13ClN2O3/c15-12-5-3-10(4-6-12)13(18)8-16-14(19)11-2-1-7-17(20)9-11/h1-7,9,13,18H,8H2,(H,16,19)/t13-/m0/s1. The molecular weight excluding hydrogens is 280 g/mol. The van der Waals surface area contributed by atoms with Gasteiger partial charge >= 0.3 is 0 Å². The number of carbonyl (C=O) groups is 1. The largest absolute Gasteiger partial charge is 0.619 e. The van der Waals surface area contributed by atoms with Gasteiger partial charge in [-0.05, 0) is 23.8 Å². The molecule has 1 atom stereocenters. The van der Waals surface area contributed by atoms with Crippen LogP contribution in [0.1, 0.15) is 22.0 Å². The fraction of sp³-hybridized carbons (Fsp3) is 0.143. The smallest absolute Gasteiger partial charge is 0.257 e. The van der Waals surface area contributed by atoms with E-state index < -0.39 is 12.0 Å². The molecule has 1 amide bonds. The lowest BCUT2D eigenvalue weighted by Gasteiger charge is -2.12. The van der Waals surface area contributed by atoms with Crippen LogP contribution in [0.3, 0.4) is 0 Å². The lowest BCUT2D eigenvalue weighted by atomic mass is 10.1. The zero-order chi connectivity index (χ0) is 14.5. The fourth-order valence-electron chi connectivity index (χ4n) is 1.68. The number of halogens is 1. The number of nitrogens with zero attached hydrogens (tertiary/aromatic N) is 1. The molecule has 2 rings (SSSR count). The van der Waals surface area contributed by atoms with Gasteiger partial charge in [0.2, 0.25) is 0 Å². The van der Waals surface area contributed by atoms with E-state index in [9.17, 15) is 15.1 Å². The average Bonchev–Trinajstić information content (AvgIpc) is 2.45. The van der Waals surface area contributed by atoms with Crippen LogP contribution in [-0.2, 0) is 0 Å². The average molecular weight is 293 g/mol. The summed E-state index contributed by atoms with van der Waals surface area (Å²) in [5.41, 5.74) is 0.896. The van der Waals surface area contributed by atoms with Gasteiger partial charge in [-0.25, -0.2) is 0 Å². The minimum Gasteiger partial charge on any atom is -0.619 e. The van der Waals surface area contributed by atoms with Crippen molar-refractivity contribution in [3.63, 3.8) is 0 Å². The number of hydrogen-bond acceptors (Lipinski definition) is 3. The third-order valence-corrected chi connectivity index (χ3v) is 3.00. The molecule has 0 radical (unpaired) electrons. The van der Waals surface area contributed by atoms with Gasteiger partial charge in [-0.3, -0.25) is 4.79 Å². The number of carbonyl (C=O) groups excluding carboxylic acids is 1. The van der Waals surface area contributed by atoms with E-state index in [2.05, 4.69) is 5.32 Å². The van der Waals surface area contributed by atoms with Crippen molar-refractivity contribution in [1.29, 1.82) is 0 Å². The number of aromatic nitrogens is 1. The third-order valence-electron chi connectivity index (χ3n) is 2.75. The molecule has 0 spiro atoms. The molecule has 0 aliphatic rings. The van der Waals surface area contributed by atoms with Gasteiger partial charge in [0, 0.05) is 17.6 Å². The van der Waals surface area contributed by atoms with Crippen LogP contribution in [0.5, 0.6) is 0 Å². The molecule has 6 heteroatoms. The first-order valence-electron chi connectivity index (χ1n) is 5.97. The van der Waals surface area contributed by atoms with E-state index in [1.165, 1.54) is 24.5 Å². The molecule has 0 unspecified atom stereocenters. The molecule has 20 heavy (non-hydrogen) atoms. The summed E-state index contributed by atoms with van der Waals surface area (Å²) in [6, 6.07) is 9.72. The van der Waals surface area contributed by atoms with Gasteiger partial charge in [-0.2, -0.15) is 4.73 Å². The molecule has 104 valence electrons. The number of nitrogens with one attached hydrogen (secondary N) is 1. The van der Waals surface area contributed by atoms with Gasteiger partial charge in [0.15, 0.2) is 12.4 Å². The first kappa shape index (κ1) is 14.3. The maximum Gasteiger partial charge on any atom is 0.257 e. The van der Waals surface area contributed by atoms with Crippen LogP contribution in [0.25, 0.3) is 0 Å². The SMILES string of the molecule is O=C(NC[C@H](O)c1ccc(Cl)cc1)c1ccc[n+]([O-])c1. The Hall–Kier alpha value is -2.11. The molecule has 0 fully saturated rings. The molecule has 0 bridgehead atoms. The Morgan fingerprint density at radius 1 is 1.35 bits per heavy atom. The minimum absolute atomic E-state index is 0.0498. The van der Waals surface area contributed by atoms with E-state index in [-0.39, 0.29) is 12.1 Å². The van der Waals surface area contributed by atoms with Crippen molar-refractivity contribution in [2.24, 2.45) is 0 Å². The van der Waals surface area contributed by atoms with Crippen LogP contribution >= 0.6 is 11.6 Å². The number of amides is 1. The molecule has 0 saturated heterocycles. The molecule has 1 heterocycles. The Morgan fingerprint density at radius 2 is 2.05 bits per heavy atom. The summed E-state index contributed by atoms with van der Waals surface area (Å²) in [5.74, 6) is -0.414. The van der Waals surface area contributed by atoms with Crippen molar-refractivity contribution in [2.75, 3.05) is 6.54 Å². The van der Waals surface area contributed by atoms with E-state index in [1.54, 1.807) is 24.3 Å². The third kappa shape index (κ3) is 3.69. The van der Waals surface area contributed by atoms with Crippen LogP contribution < -0.4 is 10.0 Å². The number of aliphatic hydroxyl groups excluding tert-OH is 1. The lowest BCUT2D eigenvalue weighted by Crippen LogP contribution is -2.32. The summed E-state index contributed by atoms with van der Waals surface area (Å²) in [6.07, 6.45) is 1.63. The zero-order valence-corrected chi connectivity index (χ0v) is 11.2. The number of pyridine rings is 1. The highest BCUT2D eigenvalue weighted by Crippen LogP contribution is 2.15. The Morgan fingerprint density at radius 3 is 2.70 bits per heavy atom. The topological polar surface area (TPSA) is 76.3 Å². The van der Waals surface area contributed by atoms with Crippen LogP contribution in [0.4, 0.5) is 0 Å². The highest BCUT2D eigenvalue weighted by atomic mass is 35.5. The van der Waals surface area contributed by atoms with Gasteiger partial charge in [0.05, 0.1) is 6.10 Å². The van der Waals surface area contributed by atoms with Crippen LogP contribution in [0, 0.1) is 5.21 Å². The van der Waals surface area contributed by atoms with Crippen molar-refractivity contribution in [2.45, 2.75) is 6.10 Å². The van der Waals surface area contributed by atoms with Gasteiger partial charge in [0.1, 0.15) is 5.56 Å². The molecule has 0 aliphatic carbocycles. The molecule has 2 N–H and O–H groups in total. The zero-order valence-electron chi connectivity index (χ0n) is 10.5. The molecule has 1 aromatic carbocycles. The molecule has 0 aliphatic heterocycles. The first-order valence-corrected chi connectivity index (χ1v) is 6.34. The van der Waals surface area contributed by atoms with E-state index in [0.717, 1.165) is 0 Å². The Labute approximate surface area is 121 Å². The highest BCUT2D eigenvalue weighted by Gasteiger charge is 2.12. The summed E-state index contributed by atoms with van der Waals surface area (Å²) in [4.78, 5) is 11.8. The maximum atomic E-state index is 11.8. The summed E-state index contributed by atoms with van der Waals surface area (Å²) in [6.45, 7) is 0.0498. The van der Waals surface area contributed by atoms with Gasteiger partial charge in [-0.1, -0.05) is 23.7 Å². The quantitative estimate of drug-likeness (QED) is 0.661. The summed E-state index contributed by atoms with van der Waals surface area (Å²) >= 11 is 5.76. The Balaban J connectivity index is 1.94. The second-order valence-electron chi connectivity index (χ2n) is 4.23. The number of aliphatic hydroxyl groups is 1. The normalized spacial score (nSPS) is 11.9. The summed E-state index contributed by atoms with van der Waals surface area (Å²) < 4.78 is 0.546. The van der Waals surface area contributed by atoms with Gasteiger partial charge in [0.25, 0.3) is 5.91 Å². The van der Waals surface area contributed by atoms with Gasteiger partial charge in [-0.15, -0.1) is 0 Å². The second kappa shape index (κ2) is 6.36. The van der Waals surface area contributed by atoms with Crippen LogP contribution in [-0.4, -0.2) is 17.6 Å². The predicted octanol–water partition coefficient (Wildman–Crippen LogP) is 1.44. The van der Waals surface area contributed by atoms with Crippen molar-refractivity contribution >= 4 is 17.5 Å². The molecule has 1 aromatic heterocycles. The molecular formula is C14H13ClN2O3.